The van der Waals surface area contributed by atoms with Crippen molar-refractivity contribution in [3.8, 4) is 0 Å². The Hall–Kier alpha value is -2.02. The van der Waals surface area contributed by atoms with Crippen LogP contribution in [0.2, 0.25) is 0 Å². The van der Waals surface area contributed by atoms with Gasteiger partial charge in [-0.25, -0.2) is 9.59 Å². The van der Waals surface area contributed by atoms with E-state index in [2.05, 4.69) is 9.88 Å². The molecule has 1 saturated heterocycles. The van der Waals surface area contributed by atoms with Crippen molar-refractivity contribution in [3.05, 3.63) is 24.0 Å². The molecule has 0 saturated carbocycles. The van der Waals surface area contributed by atoms with Crippen LogP contribution in [0.25, 0.3) is 0 Å². The van der Waals surface area contributed by atoms with Crippen LogP contribution in [0.4, 0.5) is 10.5 Å². The van der Waals surface area contributed by atoms with E-state index in [-0.39, 0.29) is 18.2 Å². The number of carbonyl (C=O) groups is 2. The van der Waals surface area contributed by atoms with Crippen molar-refractivity contribution in [2.24, 2.45) is 0 Å². The van der Waals surface area contributed by atoms with Gasteiger partial charge in [-0.1, -0.05) is 11.6 Å². The largest absolute Gasteiger partial charge is 0.446 e. The number of hydrogen-bond donors (Lipinski definition) is 0. The average Bonchev–Trinajstić information content (AvgIpc) is 2.53. The fourth-order valence-corrected chi connectivity index (χ4v) is 2.76. The molecule has 1 aromatic heterocycles. The maximum atomic E-state index is 12.2. The second kappa shape index (κ2) is 7.91. The summed E-state index contributed by atoms with van der Waals surface area (Å²) in [6, 6.07) is 1.58. The lowest BCUT2D eigenvalue weighted by Gasteiger charge is -2.41. The van der Waals surface area contributed by atoms with Crippen LogP contribution >= 0.6 is 11.6 Å². The van der Waals surface area contributed by atoms with Crippen LogP contribution in [-0.2, 0) is 9.47 Å². The van der Waals surface area contributed by atoms with E-state index in [1.54, 1.807) is 17.2 Å². The van der Waals surface area contributed by atoms with Gasteiger partial charge in [0.25, 0.3) is 0 Å². The zero-order chi connectivity index (χ0) is 18.6. The monoisotopic (exact) mass is 369 g/mol. The smallest absolute Gasteiger partial charge is 0.410 e. The molecule has 2 heterocycles. The quantitative estimate of drug-likeness (QED) is 0.602. The number of halogens is 1. The molecule has 1 aliphatic heterocycles. The third-order valence-corrected chi connectivity index (χ3v) is 3.87. The molecule has 138 valence electrons. The van der Waals surface area contributed by atoms with E-state index in [9.17, 15) is 9.59 Å². The molecule has 7 nitrogen and oxygen atoms in total. The third-order valence-electron chi connectivity index (χ3n) is 3.76. The summed E-state index contributed by atoms with van der Waals surface area (Å²) in [7, 11) is 0. The summed E-state index contributed by atoms with van der Waals surface area (Å²) in [6.45, 7) is 9.25. The Kier molecular flexibility index (Phi) is 6.11. The van der Waals surface area contributed by atoms with Gasteiger partial charge in [-0.2, -0.15) is 0 Å². The number of rotatable bonds is 3. The second-order valence-corrected chi connectivity index (χ2v) is 7.16. The predicted molar refractivity (Wildman–Crippen MR) is 95.0 cm³/mol. The standard InChI is InChI=1S/C17H24ClN3O4/c1-12-10-20(16(23)25-17(2,3)4)5-6-21(12)14-7-13(8-19-9-14)15(22)24-11-18/h7-9,12H,5-6,10-11H2,1-4H3/t12-/m0/s1. The summed E-state index contributed by atoms with van der Waals surface area (Å²) < 4.78 is 10.2. The number of anilines is 1. The first-order valence-corrected chi connectivity index (χ1v) is 8.67. The van der Waals surface area contributed by atoms with Gasteiger partial charge in [-0.05, 0) is 33.8 Å². The summed E-state index contributed by atoms with van der Waals surface area (Å²) in [5.41, 5.74) is 0.638. The fraction of sp³-hybridized carbons (Fsp3) is 0.588. The van der Waals surface area contributed by atoms with E-state index in [1.165, 1.54) is 6.20 Å². The molecule has 0 aromatic carbocycles. The Morgan fingerprint density at radius 3 is 2.64 bits per heavy atom. The van der Waals surface area contributed by atoms with Crippen molar-refractivity contribution >= 4 is 29.4 Å². The van der Waals surface area contributed by atoms with Crippen LogP contribution in [0, 0.1) is 0 Å². The van der Waals surface area contributed by atoms with Gasteiger partial charge in [0.1, 0.15) is 5.60 Å². The second-order valence-electron chi connectivity index (χ2n) is 6.94. The van der Waals surface area contributed by atoms with E-state index in [0.717, 1.165) is 5.69 Å². The number of carbonyl (C=O) groups excluding carboxylic acids is 2. The number of alkyl halides is 1. The Balaban J connectivity index is 2.05. The molecular formula is C17H24ClN3O4. The van der Waals surface area contributed by atoms with Gasteiger partial charge in [0.15, 0.2) is 6.07 Å². The van der Waals surface area contributed by atoms with Crippen LogP contribution < -0.4 is 4.90 Å². The molecule has 25 heavy (non-hydrogen) atoms. The minimum Gasteiger partial charge on any atom is -0.446 e. The van der Waals surface area contributed by atoms with Crippen LogP contribution in [0.1, 0.15) is 38.1 Å². The number of aromatic nitrogens is 1. The summed E-state index contributed by atoms with van der Waals surface area (Å²) in [5.74, 6) is -0.510. The third kappa shape index (κ3) is 5.22. The average molecular weight is 370 g/mol. The highest BCUT2D eigenvalue weighted by Gasteiger charge is 2.30. The van der Waals surface area contributed by atoms with E-state index < -0.39 is 11.6 Å². The van der Waals surface area contributed by atoms with Crippen molar-refractivity contribution in [3.63, 3.8) is 0 Å². The fourth-order valence-electron chi connectivity index (χ4n) is 2.66. The molecule has 1 fully saturated rings. The summed E-state index contributed by atoms with van der Waals surface area (Å²) in [5, 5.41) is 0. The maximum Gasteiger partial charge on any atom is 0.410 e. The molecule has 1 amide bonds. The Morgan fingerprint density at radius 2 is 2.04 bits per heavy atom. The predicted octanol–water partition coefficient (Wildman–Crippen LogP) is 2.88. The first-order chi connectivity index (χ1) is 11.7. The van der Waals surface area contributed by atoms with Crippen molar-refractivity contribution in [2.75, 3.05) is 30.6 Å². The lowest BCUT2D eigenvalue weighted by molar-refractivity contribution is 0.0218. The highest BCUT2D eigenvalue weighted by Crippen LogP contribution is 2.22. The van der Waals surface area contributed by atoms with Gasteiger partial charge in [0, 0.05) is 31.9 Å². The molecule has 0 N–H and O–H groups in total. The molecule has 0 aliphatic carbocycles. The number of hydrogen-bond acceptors (Lipinski definition) is 6. The zero-order valence-electron chi connectivity index (χ0n) is 15.0. The lowest BCUT2D eigenvalue weighted by Crippen LogP contribution is -2.54. The topological polar surface area (TPSA) is 72.0 Å². The van der Waals surface area contributed by atoms with Crippen LogP contribution in [0.3, 0.4) is 0 Å². The minimum atomic E-state index is -0.515. The molecule has 0 unspecified atom stereocenters. The van der Waals surface area contributed by atoms with Gasteiger partial charge in [-0.3, -0.25) is 4.98 Å². The number of ether oxygens (including phenoxy) is 2. The Bertz CT molecular complexity index is 633. The zero-order valence-corrected chi connectivity index (χ0v) is 15.7. The molecule has 1 atom stereocenters. The Labute approximate surface area is 152 Å². The highest BCUT2D eigenvalue weighted by molar-refractivity contribution is 6.17. The molecule has 1 aliphatic rings. The minimum absolute atomic E-state index is 0.0577. The SMILES string of the molecule is C[C@H]1CN(C(=O)OC(C)(C)C)CCN1c1cncc(C(=O)OCCl)c1. The number of amides is 1. The lowest BCUT2D eigenvalue weighted by atomic mass is 10.1. The van der Waals surface area contributed by atoms with Crippen molar-refractivity contribution in [2.45, 2.75) is 39.3 Å². The Morgan fingerprint density at radius 1 is 1.32 bits per heavy atom. The molecule has 0 spiro atoms. The van der Waals surface area contributed by atoms with Crippen molar-refractivity contribution in [1.29, 1.82) is 0 Å². The van der Waals surface area contributed by atoms with Crippen LogP contribution in [-0.4, -0.2) is 59.3 Å². The molecular weight excluding hydrogens is 346 g/mol. The van der Waals surface area contributed by atoms with Crippen LogP contribution in [0.15, 0.2) is 18.5 Å². The van der Waals surface area contributed by atoms with Gasteiger partial charge in [-0.15, -0.1) is 0 Å². The molecule has 1 aromatic rings. The molecule has 0 radical (unpaired) electrons. The highest BCUT2D eigenvalue weighted by atomic mass is 35.5. The van der Waals surface area contributed by atoms with Crippen LogP contribution in [0.5, 0.6) is 0 Å². The normalized spacial score (nSPS) is 18.0. The number of nitrogens with zero attached hydrogens (tertiary/aromatic N) is 3. The van der Waals surface area contributed by atoms with Gasteiger partial charge < -0.3 is 19.3 Å². The summed E-state index contributed by atoms with van der Waals surface area (Å²) in [6.07, 6.45) is 2.83. The van der Waals surface area contributed by atoms with E-state index in [1.807, 2.05) is 27.7 Å². The molecule has 2 rings (SSSR count). The van der Waals surface area contributed by atoms with Gasteiger partial charge >= 0.3 is 12.1 Å². The number of piperazine rings is 1. The van der Waals surface area contributed by atoms with Crippen molar-refractivity contribution in [1.82, 2.24) is 9.88 Å². The van der Waals surface area contributed by atoms with E-state index in [4.69, 9.17) is 21.1 Å². The van der Waals surface area contributed by atoms with E-state index in [0.29, 0.717) is 25.2 Å². The van der Waals surface area contributed by atoms with Crippen molar-refractivity contribution < 1.29 is 19.1 Å². The molecule has 8 heteroatoms. The summed E-state index contributed by atoms with van der Waals surface area (Å²) in [4.78, 5) is 31.9. The van der Waals surface area contributed by atoms with Gasteiger partial charge in [0.2, 0.25) is 0 Å². The molecule has 0 bridgehead atoms. The maximum absolute atomic E-state index is 12.2. The summed E-state index contributed by atoms with van der Waals surface area (Å²) >= 11 is 5.43. The first kappa shape index (κ1) is 19.3. The van der Waals surface area contributed by atoms with Gasteiger partial charge in [0.05, 0.1) is 17.4 Å². The number of esters is 1. The van der Waals surface area contributed by atoms with E-state index >= 15 is 0 Å². The number of pyridine rings is 1. The first-order valence-electron chi connectivity index (χ1n) is 8.14.